The summed E-state index contributed by atoms with van der Waals surface area (Å²) < 4.78 is 4.80. The molecule has 1 rings (SSSR count). The molecule has 1 aliphatic rings. The van der Waals surface area contributed by atoms with Gasteiger partial charge in [0.05, 0.1) is 13.0 Å². The number of carbonyl (C=O) groups excluding carboxylic acids is 2. The smallest absolute Gasteiger partial charge is 0.306 e. The van der Waals surface area contributed by atoms with Gasteiger partial charge in [0.25, 0.3) is 0 Å². The third kappa shape index (κ3) is 4.64. The van der Waals surface area contributed by atoms with Crippen LogP contribution < -0.4 is 0 Å². The van der Waals surface area contributed by atoms with Crippen molar-refractivity contribution in [3.63, 3.8) is 0 Å². The number of hydrogen-bond donors (Lipinski definition) is 1. The minimum atomic E-state index is -0.308. The van der Waals surface area contributed by atoms with Crippen molar-refractivity contribution in [2.75, 3.05) is 19.8 Å². The number of hydrogen-bond acceptors (Lipinski definition) is 4. The highest BCUT2D eigenvalue weighted by Crippen LogP contribution is 2.22. The molecule has 0 spiro atoms. The predicted octanol–water partition coefficient (Wildman–Crippen LogP) is 1.09. The molecule has 5 nitrogen and oxygen atoms in total. The van der Waals surface area contributed by atoms with Crippen LogP contribution in [0.3, 0.4) is 0 Å². The average molecular weight is 257 g/mol. The third-order valence-electron chi connectivity index (χ3n) is 3.24. The van der Waals surface area contributed by atoms with E-state index in [1.807, 2.05) is 4.90 Å². The summed E-state index contributed by atoms with van der Waals surface area (Å²) in [7, 11) is 0. The van der Waals surface area contributed by atoms with Gasteiger partial charge in [-0.05, 0) is 32.6 Å². The molecule has 1 aliphatic heterocycles. The maximum absolute atomic E-state index is 12.0. The third-order valence-corrected chi connectivity index (χ3v) is 3.24. The van der Waals surface area contributed by atoms with Crippen LogP contribution in [0.4, 0.5) is 0 Å². The van der Waals surface area contributed by atoms with Gasteiger partial charge in [-0.3, -0.25) is 9.59 Å². The van der Waals surface area contributed by atoms with Gasteiger partial charge < -0.3 is 14.7 Å². The van der Waals surface area contributed by atoms with E-state index in [1.54, 1.807) is 6.92 Å². The second kappa shape index (κ2) is 8.08. The Hall–Kier alpha value is -1.10. The molecular formula is C13H23NO4. The minimum Gasteiger partial charge on any atom is -0.466 e. The fourth-order valence-electron chi connectivity index (χ4n) is 2.38. The molecule has 0 aliphatic carbocycles. The number of ether oxygens (including phenoxy) is 1. The van der Waals surface area contributed by atoms with Crippen LogP contribution >= 0.6 is 0 Å². The Balaban J connectivity index is 2.33. The lowest BCUT2D eigenvalue weighted by atomic mass is 10.1. The number of rotatable bonds is 7. The van der Waals surface area contributed by atoms with Crippen LogP contribution in [0.5, 0.6) is 0 Å². The van der Waals surface area contributed by atoms with E-state index >= 15 is 0 Å². The molecular weight excluding hydrogens is 234 g/mol. The summed E-state index contributed by atoms with van der Waals surface area (Å²) in [6, 6.07) is 0.242. The molecule has 1 fully saturated rings. The summed E-state index contributed by atoms with van der Waals surface area (Å²) in [6.45, 7) is 3.06. The fraction of sp³-hybridized carbons (Fsp3) is 0.846. The zero-order valence-corrected chi connectivity index (χ0v) is 11.1. The number of likely N-dealkylation sites (tertiary alicyclic amines) is 1. The molecule has 18 heavy (non-hydrogen) atoms. The Bertz CT molecular complexity index is 280. The van der Waals surface area contributed by atoms with Gasteiger partial charge in [-0.25, -0.2) is 0 Å². The number of esters is 1. The van der Waals surface area contributed by atoms with Gasteiger partial charge in [0.15, 0.2) is 0 Å². The van der Waals surface area contributed by atoms with Gasteiger partial charge in [0.2, 0.25) is 5.91 Å². The molecule has 5 heteroatoms. The lowest BCUT2D eigenvalue weighted by Crippen LogP contribution is -2.35. The van der Waals surface area contributed by atoms with E-state index in [0.717, 1.165) is 32.2 Å². The van der Waals surface area contributed by atoms with E-state index in [1.165, 1.54) is 0 Å². The van der Waals surface area contributed by atoms with Gasteiger partial charge in [-0.2, -0.15) is 0 Å². The molecule has 1 atom stereocenters. The zero-order chi connectivity index (χ0) is 13.4. The van der Waals surface area contributed by atoms with E-state index < -0.39 is 0 Å². The summed E-state index contributed by atoms with van der Waals surface area (Å²) in [5, 5.41) is 8.82. The van der Waals surface area contributed by atoms with Crippen molar-refractivity contribution in [1.29, 1.82) is 0 Å². The fourth-order valence-corrected chi connectivity index (χ4v) is 2.38. The molecule has 0 radical (unpaired) electrons. The second-order valence-corrected chi connectivity index (χ2v) is 4.55. The van der Waals surface area contributed by atoms with Gasteiger partial charge in [0.1, 0.15) is 0 Å². The van der Waals surface area contributed by atoms with Crippen molar-refractivity contribution in [1.82, 2.24) is 4.90 Å². The van der Waals surface area contributed by atoms with Crippen LogP contribution in [-0.4, -0.2) is 47.7 Å². The van der Waals surface area contributed by atoms with Crippen molar-refractivity contribution in [3.8, 4) is 0 Å². The molecule has 1 heterocycles. The molecule has 1 N–H and O–H groups in total. The van der Waals surface area contributed by atoms with Crippen LogP contribution in [0.2, 0.25) is 0 Å². The quantitative estimate of drug-likeness (QED) is 0.693. The molecule has 0 bridgehead atoms. The highest BCUT2D eigenvalue weighted by Gasteiger charge is 2.28. The van der Waals surface area contributed by atoms with Gasteiger partial charge in [-0.1, -0.05) is 0 Å². The van der Waals surface area contributed by atoms with Gasteiger partial charge in [-0.15, -0.1) is 0 Å². The topological polar surface area (TPSA) is 66.8 Å². The number of aliphatic hydroxyl groups excluding tert-OH is 1. The van der Waals surface area contributed by atoms with Crippen molar-refractivity contribution < 1.29 is 19.4 Å². The monoisotopic (exact) mass is 257 g/mol. The summed E-state index contributed by atoms with van der Waals surface area (Å²) in [5.74, 6) is -0.277. The van der Waals surface area contributed by atoms with Gasteiger partial charge in [0, 0.05) is 25.6 Å². The van der Waals surface area contributed by atoms with Crippen LogP contribution in [0.15, 0.2) is 0 Å². The Morgan fingerprint density at radius 1 is 1.39 bits per heavy atom. The first-order chi connectivity index (χ1) is 8.69. The van der Waals surface area contributed by atoms with Crippen LogP contribution in [0, 0.1) is 0 Å². The number of nitrogens with zero attached hydrogens (tertiary/aromatic N) is 1. The van der Waals surface area contributed by atoms with Crippen LogP contribution in [0.25, 0.3) is 0 Å². The van der Waals surface area contributed by atoms with Crippen molar-refractivity contribution in [3.05, 3.63) is 0 Å². The largest absolute Gasteiger partial charge is 0.466 e. The summed E-state index contributed by atoms with van der Waals surface area (Å²) in [5.41, 5.74) is 0. The summed E-state index contributed by atoms with van der Waals surface area (Å²) >= 11 is 0. The molecule has 0 saturated carbocycles. The SMILES string of the molecule is CCOC(=O)CCC(=O)N1CCCC1CCCO. The molecule has 0 aromatic heterocycles. The average Bonchev–Trinajstić information content (AvgIpc) is 2.82. The highest BCUT2D eigenvalue weighted by atomic mass is 16.5. The normalized spacial score (nSPS) is 19.0. The Morgan fingerprint density at radius 2 is 2.17 bits per heavy atom. The molecule has 104 valence electrons. The van der Waals surface area contributed by atoms with Crippen molar-refractivity contribution in [2.45, 2.75) is 51.5 Å². The Kier molecular flexibility index (Phi) is 6.72. The number of carbonyl (C=O) groups is 2. The maximum Gasteiger partial charge on any atom is 0.306 e. The molecule has 0 aromatic carbocycles. The van der Waals surface area contributed by atoms with Crippen molar-refractivity contribution in [2.24, 2.45) is 0 Å². The lowest BCUT2D eigenvalue weighted by molar-refractivity contribution is -0.145. The van der Waals surface area contributed by atoms with E-state index in [4.69, 9.17) is 9.84 Å². The second-order valence-electron chi connectivity index (χ2n) is 4.55. The minimum absolute atomic E-state index is 0.0310. The van der Waals surface area contributed by atoms with Gasteiger partial charge >= 0.3 is 5.97 Å². The first-order valence-corrected chi connectivity index (χ1v) is 6.75. The first-order valence-electron chi connectivity index (χ1n) is 6.75. The standard InChI is InChI=1S/C13H23NO4/c1-2-18-13(17)8-7-12(16)14-9-3-5-11(14)6-4-10-15/h11,15H,2-10H2,1H3. The molecule has 1 saturated heterocycles. The number of aliphatic hydroxyl groups is 1. The molecule has 1 amide bonds. The van der Waals surface area contributed by atoms with Crippen LogP contribution in [-0.2, 0) is 14.3 Å². The Labute approximate surface area is 108 Å². The predicted molar refractivity (Wildman–Crippen MR) is 66.9 cm³/mol. The van der Waals surface area contributed by atoms with E-state index in [2.05, 4.69) is 0 Å². The summed E-state index contributed by atoms with van der Waals surface area (Å²) in [6.07, 6.45) is 3.99. The lowest BCUT2D eigenvalue weighted by Gasteiger charge is -2.24. The van der Waals surface area contributed by atoms with E-state index in [0.29, 0.717) is 6.61 Å². The molecule has 0 aromatic rings. The van der Waals surface area contributed by atoms with E-state index in [9.17, 15) is 9.59 Å². The van der Waals surface area contributed by atoms with E-state index in [-0.39, 0.29) is 37.4 Å². The zero-order valence-electron chi connectivity index (χ0n) is 11.1. The first kappa shape index (κ1) is 15.0. The maximum atomic E-state index is 12.0. The summed E-state index contributed by atoms with van der Waals surface area (Å²) in [4.78, 5) is 25.0. The van der Waals surface area contributed by atoms with Crippen LogP contribution in [0.1, 0.15) is 45.4 Å². The number of amides is 1. The van der Waals surface area contributed by atoms with Crippen molar-refractivity contribution >= 4 is 11.9 Å². The molecule has 1 unspecified atom stereocenters. The Morgan fingerprint density at radius 3 is 2.83 bits per heavy atom. The highest BCUT2D eigenvalue weighted by molar-refractivity contribution is 5.81.